The molecule has 8 nitrogen and oxygen atoms in total. The summed E-state index contributed by atoms with van der Waals surface area (Å²) >= 11 is 0. The predicted octanol–water partition coefficient (Wildman–Crippen LogP) is 2.99. The lowest BCUT2D eigenvalue weighted by Crippen LogP contribution is -2.38. The van der Waals surface area contributed by atoms with Gasteiger partial charge in [0.2, 0.25) is 11.8 Å². The molecule has 1 aliphatic heterocycles. The molecular weight excluding hydrogens is 384 g/mol. The number of aromatic hydroxyl groups is 1. The van der Waals surface area contributed by atoms with Crippen molar-refractivity contribution in [3.05, 3.63) is 41.1 Å². The van der Waals surface area contributed by atoms with Crippen LogP contribution in [0.1, 0.15) is 53.9 Å². The Labute approximate surface area is 176 Å². The molecule has 30 heavy (non-hydrogen) atoms. The summed E-state index contributed by atoms with van der Waals surface area (Å²) in [4.78, 5) is 30.8. The molecule has 3 N–H and O–H groups in total. The highest BCUT2D eigenvalue weighted by Crippen LogP contribution is 2.23. The molecule has 0 aliphatic carbocycles. The molecular formula is C22H30N4O4. The minimum atomic E-state index is -0.340. The number of likely N-dealkylation sites (tertiary alicyclic amines) is 1. The molecule has 2 heterocycles. The van der Waals surface area contributed by atoms with Crippen LogP contribution in [0.4, 0.5) is 5.69 Å². The molecule has 0 spiro atoms. The number of anilines is 1. The third kappa shape index (κ3) is 5.60. The highest BCUT2D eigenvalue weighted by Gasteiger charge is 2.22. The van der Waals surface area contributed by atoms with E-state index < -0.39 is 0 Å². The SMILES string of the molecule is CCC(=O)Nc1ccc(O)c(C(=O)NCC2CCN(Cc3nc(C)c(C)o3)CC2)c1. The van der Waals surface area contributed by atoms with E-state index in [1.54, 1.807) is 13.0 Å². The van der Waals surface area contributed by atoms with Gasteiger partial charge in [0.05, 0.1) is 17.8 Å². The number of aromatic nitrogens is 1. The van der Waals surface area contributed by atoms with E-state index in [2.05, 4.69) is 20.5 Å². The van der Waals surface area contributed by atoms with Crippen molar-refractivity contribution in [2.24, 2.45) is 5.92 Å². The topological polar surface area (TPSA) is 108 Å². The molecule has 8 heteroatoms. The van der Waals surface area contributed by atoms with Gasteiger partial charge in [-0.3, -0.25) is 14.5 Å². The number of phenols is 1. The molecule has 0 atom stereocenters. The summed E-state index contributed by atoms with van der Waals surface area (Å²) in [5, 5.41) is 15.7. The summed E-state index contributed by atoms with van der Waals surface area (Å²) in [6.07, 6.45) is 2.28. The minimum absolute atomic E-state index is 0.103. The van der Waals surface area contributed by atoms with Gasteiger partial charge < -0.3 is 20.2 Å². The molecule has 162 valence electrons. The highest BCUT2D eigenvalue weighted by molar-refractivity contribution is 5.99. The number of phenolic OH excluding ortho intramolecular Hbond substituents is 1. The number of carbonyl (C=O) groups excluding carboxylic acids is 2. The fourth-order valence-electron chi connectivity index (χ4n) is 3.52. The van der Waals surface area contributed by atoms with Crippen LogP contribution < -0.4 is 10.6 Å². The van der Waals surface area contributed by atoms with Gasteiger partial charge in [0, 0.05) is 18.7 Å². The summed E-state index contributed by atoms with van der Waals surface area (Å²) in [5.41, 5.74) is 1.59. The van der Waals surface area contributed by atoms with Crippen LogP contribution in [-0.2, 0) is 11.3 Å². The third-order valence-electron chi connectivity index (χ3n) is 5.54. The van der Waals surface area contributed by atoms with Gasteiger partial charge in [-0.25, -0.2) is 4.98 Å². The molecule has 0 radical (unpaired) electrons. The van der Waals surface area contributed by atoms with E-state index in [4.69, 9.17) is 4.42 Å². The lowest BCUT2D eigenvalue weighted by molar-refractivity contribution is -0.115. The number of nitrogens with one attached hydrogen (secondary N) is 2. The average molecular weight is 415 g/mol. The number of piperidine rings is 1. The summed E-state index contributed by atoms with van der Waals surface area (Å²) in [6.45, 7) is 8.72. The van der Waals surface area contributed by atoms with Gasteiger partial charge in [0.1, 0.15) is 11.5 Å². The van der Waals surface area contributed by atoms with E-state index in [1.807, 2.05) is 13.8 Å². The normalized spacial score (nSPS) is 15.2. The lowest BCUT2D eigenvalue weighted by Gasteiger charge is -2.31. The Morgan fingerprint density at radius 3 is 2.63 bits per heavy atom. The van der Waals surface area contributed by atoms with Crippen LogP contribution in [0, 0.1) is 19.8 Å². The zero-order valence-electron chi connectivity index (χ0n) is 17.8. The first-order chi connectivity index (χ1) is 14.4. The van der Waals surface area contributed by atoms with Crippen LogP contribution >= 0.6 is 0 Å². The van der Waals surface area contributed by atoms with Gasteiger partial charge in [0.25, 0.3) is 5.91 Å². The second-order valence-corrected chi connectivity index (χ2v) is 7.81. The molecule has 2 amide bonds. The summed E-state index contributed by atoms with van der Waals surface area (Å²) in [6, 6.07) is 4.50. The Morgan fingerprint density at radius 1 is 1.27 bits per heavy atom. The molecule has 1 aromatic carbocycles. The third-order valence-corrected chi connectivity index (χ3v) is 5.54. The quantitative estimate of drug-likeness (QED) is 0.601. The molecule has 1 aliphatic rings. The number of aryl methyl sites for hydroxylation is 2. The van der Waals surface area contributed by atoms with E-state index >= 15 is 0 Å². The summed E-state index contributed by atoms with van der Waals surface area (Å²) < 4.78 is 5.66. The van der Waals surface area contributed by atoms with E-state index in [0.29, 0.717) is 31.1 Å². The fraction of sp³-hybridized carbons (Fsp3) is 0.500. The second-order valence-electron chi connectivity index (χ2n) is 7.81. The van der Waals surface area contributed by atoms with E-state index in [1.165, 1.54) is 12.1 Å². The van der Waals surface area contributed by atoms with E-state index in [9.17, 15) is 14.7 Å². The molecule has 0 saturated carbocycles. The maximum atomic E-state index is 12.5. The van der Waals surface area contributed by atoms with Gasteiger partial charge in [-0.1, -0.05) is 6.92 Å². The van der Waals surface area contributed by atoms with Crippen LogP contribution in [0.2, 0.25) is 0 Å². The molecule has 1 saturated heterocycles. The zero-order chi connectivity index (χ0) is 21.7. The molecule has 1 fully saturated rings. The van der Waals surface area contributed by atoms with Crippen LogP contribution in [0.25, 0.3) is 0 Å². The lowest BCUT2D eigenvalue weighted by atomic mass is 9.96. The Bertz CT molecular complexity index is 881. The Morgan fingerprint density at radius 2 is 2.00 bits per heavy atom. The molecule has 2 aromatic rings. The molecule has 0 unspecified atom stereocenters. The van der Waals surface area contributed by atoms with Crippen molar-refractivity contribution in [3.8, 4) is 5.75 Å². The Balaban J connectivity index is 1.47. The van der Waals surface area contributed by atoms with Gasteiger partial charge in [-0.2, -0.15) is 0 Å². The van der Waals surface area contributed by atoms with E-state index in [0.717, 1.165) is 43.3 Å². The molecule has 1 aromatic heterocycles. The van der Waals surface area contributed by atoms with Gasteiger partial charge in [0.15, 0.2) is 0 Å². The van der Waals surface area contributed by atoms with Crippen molar-refractivity contribution in [2.45, 2.75) is 46.6 Å². The first-order valence-corrected chi connectivity index (χ1v) is 10.4. The van der Waals surface area contributed by atoms with Crippen molar-refractivity contribution < 1.29 is 19.1 Å². The zero-order valence-corrected chi connectivity index (χ0v) is 17.8. The smallest absolute Gasteiger partial charge is 0.255 e. The van der Waals surface area contributed by atoms with Crippen molar-refractivity contribution in [1.82, 2.24) is 15.2 Å². The van der Waals surface area contributed by atoms with Crippen LogP contribution in [0.5, 0.6) is 5.75 Å². The van der Waals surface area contributed by atoms with Crippen molar-refractivity contribution in [2.75, 3.05) is 25.0 Å². The number of oxazole rings is 1. The minimum Gasteiger partial charge on any atom is -0.507 e. The standard InChI is InChI=1S/C22H30N4O4/c1-4-20(28)25-17-5-6-19(27)18(11-17)22(29)23-12-16-7-9-26(10-8-16)13-21-24-14(2)15(3)30-21/h5-6,11,16,27H,4,7-10,12-13H2,1-3H3,(H,23,29)(H,25,28). The number of benzene rings is 1. The number of amides is 2. The average Bonchev–Trinajstić information content (AvgIpc) is 3.05. The van der Waals surface area contributed by atoms with Gasteiger partial charge >= 0.3 is 0 Å². The number of hydrogen-bond acceptors (Lipinski definition) is 6. The molecule has 3 rings (SSSR count). The van der Waals surface area contributed by atoms with Crippen molar-refractivity contribution >= 4 is 17.5 Å². The maximum absolute atomic E-state index is 12.5. The number of hydrogen-bond donors (Lipinski definition) is 3. The van der Waals surface area contributed by atoms with Crippen LogP contribution in [0.3, 0.4) is 0 Å². The summed E-state index contributed by atoms with van der Waals surface area (Å²) in [5.74, 6) is 1.41. The van der Waals surface area contributed by atoms with Crippen molar-refractivity contribution in [3.63, 3.8) is 0 Å². The highest BCUT2D eigenvalue weighted by atomic mass is 16.4. The number of rotatable bonds is 7. The number of carbonyl (C=O) groups is 2. The number of nitrogens with zero attached hydrogens (tertiary/aromatic N) is 2. The van der Waals surface area contributed by atoms with E-state index in [-0.39, 0.29) is 23.1 Å². The first kappa shape index (κ1) is 21.8. The van der Waals surface area contributed by atoms with Crippen molar-refractivity contribution in [1.29, 1.82) is 0 Å². The Hall–Kier alpha value is -2.87. The maximum Gasteiger partial charge on any atom is 0.255 e. The Kier molecular flexibility index (Phi) is 7.10. The monoisotopic (exact) mass is 414 g/mol. The largest absolute Gasteiger partial charge is 0.507 e. The molecule has 0 bridgehead atoms. The van der Waals surface area contributed by atoms with Crippen LogP contribution in [0.15, 0.2) is 22.6 Å². The van der Waals surface area contributed by atoms with Gasteiger partial charge in [-0.15, -0.1) is 0 Å². The second kappa shape index (κ2) is 9.75. The van der Waals surface area contributed by atoms with Crippen LogP contribution in [-0.4, -0.2) is 46.4 Å². The first-order valence-electron chi connectivity index (χ1n) is 10.4. The fourth-order valence-corrected chi connectivity index (χ4v) is 3.52. The van der Waals surface area contributed by atoms with Gasteiger partial charge in [-0.05, 0) is 63.9 Å². The summed E-state index contributed by atoms with van der Waals surface area (Å²) in [7, 11) is 0. The predicted molar refractivity (Wildman–Crippen MR) is 113 cm³/mol.